The van der Waals surface area contributed by atoms with Crippen LogP contribution in [-0.4, -0.2) is 41.7 Å². The van der Waals surface area contributed by atoms with Crippen molar-refractivity contribution in [2.24, 2.45) is 0 Å². The number of nitro groups is 1. The van der Waals surface area contributed by atoms with Crippen LogP contribution >= 0.6 is 11.6 Å². The number of carbonyl (C=O) groups excluding carboxylic acids is 1. The van der Waals surface area contributed by atoms with Gasteiger partial charge >= 0.3 is 11.8 Å². The Bertz CT molecular complexity index is 635. The van der Waals surface area contributed by atoms with Gasteiger partial charge < -0.3 is 14.4 Å². The van der Waals surface area contributed by atoms with Crippen LogP contribution in [0.3, 0.4) is 0 Å². The molecule has 1 saturated heterocycles. The fraction of sp³-hybridized carbons (Fsp3) is 0.533. The summed E-state index contributed by atoms with van der Waals surface area (Å²) in [4.78, 5) is 23.9. The summed E-state index contributed by atoms with van der Waals surface area (Å²) in [5.41, 5.74) is 0.00892. The number of methoxy groups -OCH3 is 1. The van der Waals surface area contributed by atoms with Crippen molar-refractivity contribution in [2.75, 3.05) is 20.2 Å². The molecule has 2 rings (SSSR count). The van der Waals surface area contributed by atoms with Crippen LogP contribution < -0.4 is 4.74 Å². The Kier molecular flexibility index (Phi) is 4.70. The van der Waals surface area contributed by atoms with Crippen LogP contribution in [0.25, 0.3) is 0 Å². The number of hydrogen-bond donors (Lipinski definition) is 0. The first-order valence-corrected chi connectivity index (χ1v) is 7.50. The number of rotatable bonds is 3. The lowest BCUT2D eigenvalue weighted by Crippen LogP contribution is -2.50. The largest absolute Gasteiger partial charge is 0.490 e. The van der Waals surface area contributed by atoms with E-state index in [2.05, 4.69) is 0 Å². The fourth-order valence-corrected chi connectivity index (χ4v) is 2.64. The van der Waals surface area contributed by atoms with E-state index in [1.54, 1.807) is 31.7 Å². The molecule has 23 heavy (non-hydrogen) atoms. The average Bonchev–Trinajstić information content (AvgIpc) is 2.36. The molecule has 1 aliphatic heterocycles. The van der Waals surface area contributed by atoms with E-state index in [1.807, 2.05) is 0 Å². The van der Waals surface area contributed by atoms with E-state index in [1.165, 1.54) is 13.2 Å². The van der Waals surface area contributed by atoms with Gasteiger partial charge in [-0.1, -0.05) is 11.6 Å². The molecule has 0 atom stereocenters. The maximum atomic E-state index is 11.9. The maximum Gasteiger partial charge on any atom is 0.410 e. The van der Waals surface area contributed by atoms with Crippen LogP contribution in [0, 0.1) is 10.1 Å². The minimum absolute atomic E-state index is 0.00437. The van der Waals surface area contributed by atoms with Crippen LogP contribution in [0.5, 0.6) is 5.75 Å². The first-order chi connectivity index (χ1) is 10.6. The van der Waals surface area contributed by atoms with Crippen molar-refractivity contribution in [1.82, 2.24) is 4.90 Å². The number of ether oxygens (including phenoxy) is 2. The first-order valence-electron chi connectivity index (χ1n) is 7.12. The standard InChI is InChI=1S/C15H19ClN2O5/c1-15(2,3)23-14(19)17-7-9(8-17)10-5-13(22-4)12(18(20)21)6-11(10)16/h5-6,9H,7-8H2,1-4H3. The van der Waals surface area contributed by atoms with E-state index in [0.717, 1.165) is 5.56 Å². The number of benzene rings is 1. The van der Waals surface area contributed by atoms with Gasteiger partial charge in [-0.3, -0.25) is 10.1 Å². The van der Waals surface area contributed by atoms with E-state index in [0.29, 0.717) is 18.1 Å². The van der Waals surface area contributed by atoms with Gasteiger partial charge in [-0.2, -0.15) is 0 Å². The van der Waals surface area contributed by atoms with E-state index in [9.17, 15) is 14.9 Å². The van der Waals surface area contributed by atoms with Crippen LogP contribution in [0.1, 0.15) is 32.3 Å². The zero-order valence-electron chi connectivity index (χ0n) is 13.5. The topological polar surface area (TPSA) is 81.9 Å². The third-order valence-electron chi connectivity index (χ3n) is 3.47. The second kappa shape index (κ2) is 6.23. The third kappa shape index (κ3) is 3.85. The lowest BCUT2D eigenvalue weighted by atomic mass is 9.91. The molecule has 1 aromatic rings. The van der Waals surface area contributed by atoms with Crippen molar-refractivity contribution < 1.29 is 19.2 Å². The summed E-state index contributed by atoms with van der Waals surface area (Å²) >= 11 is 6.15. The quantitative estimate of drug-likeness (QED) is 0.619. The molecule has 0 aliphatic carbocycles. The second-order valence-electron chi connectivity index (χ2n) is 6.38. The van der Waals surface area contributed by atoms with Crippen molar-refractivity contribution in [3.05, 3.63) is 32.8 Å². The molecule has 7 nitrogen and oxygen atoms in total. The van der Waals surface area contributed by atoms with Gasteiger partial charge in [-0.25, -0.2) is 4.79 Å². The van der Waals surface area contributed by atoms with Crippen molar-refractivity contribution in [3.63, 3.8) is 0 Å². The van der Waals surface area contributed by atoms with E-state index >= 15 is 0 Å². The molecule has 0 aromatic heterocycles. The summed E-state index contributed by atoms with van der Waals surface area (Å²) in [6, 6.07) is 2.85. The molecule has 0 saturated carbocycles. The van der Waals surface area contributed by atoms with Gasteiger partial charge in [0.05, 0.1) is 17.1 Å². The molecule has 0 spiro atoms. The Morgan fingerprint density at radius 1 is 1.39 bits per heavy atom. The normalized spacial score (nSPS) is 15.1. The summed E-state index contributed by atoms with van der Waals surface area (Å²) in [7, 11) is 1.37. The highest BCUT2D eigenvalue weighted by Crippen LogP contribution is 2.39. The lowest BCUT2D eigenvalue weighted by Gasteiger charge is -2.40. The third-order valence-corrected chi connectivity index (χ3v) is 3.80. The molecule has 1 aliphatic rings. The van der Waals surface area contributed by atoms with Gasteiger partial charge in [0.2, 0.25) is 0 Å². The van der Waals surface area contributed by atoms with Crippen LogP contribution in [0.2, 0.25) is 5.02 Å². The summed E-state index contributed by atoms with van der Waals surface area (Å²) in [6.07, 6.45) is -0.376. The molecule has 1 amide bonds. The molecule has 1 fully saturated rings. The Labute approximate surface area is 139 Å². The first kappa shape index (κ1) is 17.3. The molecular formula is C15H19ClN2O5. The van der Waals surface area contributed by atoms with Crippen molar-refractivity contribution in [1.29, 1.82) is 0 Å². The molecule has 0 radical (unpaired) electrons. The van der Waals surface area contributed by atoms with Crippen molar-refractivity contribution in [2.45, 2.75) is 32.3 Å². The molecular weight excluding hydrogens is 324 g/mol. The number of nitrogens with zero attached hydrogens (tertiary/aromatic N) is 2. The zero-order chi connectivity index (χ0) is 17.4. The molecule has 1 aromatic carbocycles. The Morgan fingerprint density at radius 2 is 2.00 bits per heavy atom. The predicted molar refractivity (Wildman–Crippen MR) is 85.2 cm³/mol. The van der Waals surface area contributed by atoms with Gasteiger partial charge in [-0.15, -0.1) is 0 Å². The van der Waals surface area contributed by atoms with Gasteiger partial charge in [0, 0.05) is 25.1 Å². The van der Waals surface area contributed by atoms with E-state index < -0.39 is 10.5 Å². The van der Waals surface area contributed by atoms with Gasteiger partial charge in [0.25, 0.3) is 0 Å². The minimum atomic E-state index is -0.545. The number of hydrogen-bond acceptors (Lipinski definition) is 5. The molecule has 0 bridgehead atoms. The molecule has 1 heterocycles. The summed E-state index contributed by atoms with van der Waals surface area (Å²) in [5.74, 6) is 0.162. The number of amides is 1. The van der Waals surface area contributed by atoms with E-state index in [-0.39, 0.29) is 23.4 Å². The number of nitro benzene ring substituents is 1. The molecule has 0 N–H and O–H groups in total. The van der Waals surface area contributed by atoms with E-state index in [4.69, 9.17) is 21.1 Å². The average molecular weight is 343 g/mol. The monoisotopic (exact) mass is 342 g/mol. The zero-order valence-corrected chi connectivity index (χ0v) is 14.2. The SMILES string of the molecule is COc1cc(C2CN(C(=O)OC(C)(C)C)C2)c(Cl)cc1[N+](=O)[O-]. The Hall–Kier alpha value is -2.02. The fourth-order valence-electron chi connectivity index (χ4n) is 2.33. The van der Waals surface area contributed by atoms with Crippen LogP contribution in [0.4, 0.5) is 10.5 Å². The van der Waals surface area contributed by atoms with Crippen LogP contribution in [0.15, 0.2) is 12.1 Å². The molecule has 126 valence electrons. The number of likely N-dealkylation sites (tertiary alicyclic amines) is 1. The van der Waals surface area contributed by atoms with Crippen LogP contribution in [-0.2, 0) is 4.74 Å². The second-order valence-corrected chi connectivity index (χ2v) is 6.79. The van der Waals surface area contributed by atoms with Crippen molar-refractivity contribution in [3.8, 4) is 5.75 Å². The van der Waals surface area contributed by atoms with Gasteiger partial charge in [-0.05, 0) is 32.4 Å². The molecule has 8 heteroatoms. The lowest BCUT2D eigenvalue weighted by molar-refractivity contribution is -0.385. The number of carbonyl (C=O) groups is 1. The summed E-state index contributed by atoms with van der Waals surface area (Å²) < 4.78 is 10.3. The highest BCUT2D eigenvalue weighted by Gasteiger charge is 2.36. The maximum absolute atomic E-state index is 11.9. The Balaban J connectivity index is 2.11. The number of halogens is 1. The van der Waals surface area contributed by atoms with Crippen molar-refractivity contribution >= 4 is 23.4 Å². The summed E-state index contributed by atoms with van der Waals surface area (Å²) in [5, 5.41) is 11.3. The predicted octanol–water partition coefficient (Wildman–Crippen LogP) is 3.59. The van der Waals surface area contributed by atoms with Gasteiger partial charge in [0.1, 0.15) is 5.60 Å². The minimum Gasteiger partial charge on any atom is -0.490 e. The highest BCUT2D eigenvalue weighted by molar-refractivity contribution is 6.31. The smallest absolute Gasteiger partial charge is 0.410 e. The molecule has 0 unspecified atom stereocenters. The highest BCUT2D eigenvalue weighted by atomic mass is 35.5. The van der Waals surface area contributed by atoms with Gasteiger partial charge in [0.15, 0.2) is 5.75 Å². The Morgan fingerprint density at radius 3 is 2.48 bits per heavy atom. The summed E-state index contributed by atoms with van der Waals surface area (Å²) in [6.45, 7) is 6.33.